The van der Waals surface area contributed by atoms with Crippen LogP contribution in [-0.4, -0.2) is 10.9 Å². The lowest BCUT2D eigenvalue weighted by Crippen LogP contribution is -2.11. The van der Waals surface area contributed by atoms with Crippen LogP contribution in [0.1, 0.15) is 9.80 Å². The van der Waals surface area contributed by atoms with E-state index >= 15 is 0 Å². The summed E-state index contributed by atoms with van der Waals surface area (Å²) in [6.45, 7) is 0. The summed E-state index contributed by atoms with van der Waals surface area (Å²) in [4.78, 5) is 16.4. The fourth-order valence-electron chi connectivity index (χ4n) is 1.74. The van der Waals surface area contributed by atoms with Gasteiger partial charge >= 0.3 is 0 Å². The maximum Gasteiger partial charge on any atom is 0.284 e. The van der Waals surface area contributed by atoms with Crippen molar-refractivity contribution < 1.29 is 4.79 Å². The highest BCUT2D eigenvalue weighted by Gasteiger charge is 2.13. The predicted octanol–water partition coefficient (Wildman–Crippen LogP) is 4.86. The van der Waals surface area contributed by atoms with E-state index in [2.05, 4.69) is 10.3 Å². The van der Waals surface area contributed by atoms with Crippen LogP contribution in [0, 0.1) is 0 Å². The fourth-order valence-corrected chi connectivity index (χ4v) is 2.93. The largest absolute Gasteiger partial charge is 0.319 e. The van der Waals surface area contributed by atoms with Crippen LogP contribution in [-0.2, 0) is 0 Å². The summed E-state index contributed by atoms with van der Waals surface area (Å²) in [6, 6.07) is 12.4. The van der Waals surface area contributed by atoms with E-state index in [-0.39, 0.29) is 5.91 Å². The molecule has 0 saturated heterocycles. The number of carbonyl (C=O) groups excluding carboxylic acids is 1. The van der Waals surface area contributed by atoms with Crippen LogP contribution in [0.4, 0.5) is 5.69 Å². The Morgan fingerprint density at radius 2 is 1.95 bits per heavy atom. The summed E-state index contributed by atoms with van der Waals surface area (Å²) in [5, 5.41) is 4.21. The molecule has 3 rings (SSSR count). The van der Waals surface area contributed by atoms with Gasteiger partial charge in [0, 0.05) is 5.02 Å². The van der Waals surface area contributed by atoms with Crippen molar-refractivity contribution in [2.45, 2.75) is 0 Å². The molecule has 0 radical (unpaired) electrons. The van der Waals surface area contributed by atoms with Gasteiger partial charge in [0.25, 0.3) is 5.91 Å². The summed E-state index contributed by atoms with van der Waals surface area (Å²) in [7, 11) is 0. The van der Waals surface area contributed by atoms with Crippen molar-refractivity contribution in [2.75, 3.05) is 5.32 Å². The first-order chi connectivity index (χ1) is 9.63. The lowest BCUT2D eigenvalue weighted by Gasteiger charge is -2.04. The van der Waals surface area contributed by atoms with E-state index in [1.165, 1.54) is 11.3 Å². The SMILES string of the molecule is O=C(Nc1ccccc1Cl)c1nc2cc(Cl)ccc2s1. The topological polar surface area (TPSA) is 42.0 Å². The van der Waals surface area contributed by atoms with Crippen molar-refractivity contribution in [3.63, 3.8) is 0 Å². The van der Waals surface area contributed by atoms with E-state index in [4.69, 9.17) is 23.2 Å². The molecule has 0 unspecified atom stereocenters. The van der Waals surface area contributed by atoms with Gasteiger partial charge in [-0.05, 0) is 30.3 Å². The molecular formula is C14H8Cl2N2OS. The van der Waals surface area contributed by atoms with Crippen LogP contribution in [0.5, 0.6) is 0 Å². The van der Waals surface area contributed by atoms with Crippen LogP contribution in [0.3, 0.4) is 0 Å². The molecule has 0 aliphatic rings. The highest BCUT2D eigenvalue weighted by molar-refractivity contribution is 7.20. The van der Waals surface area contributed by atoms with Gasteiger partial charge in [-0.1, -0.05) is 35.3 Å². The van der Waals surface area contributed by atoms with Gasteiger partial charge in [-0.2, -0.15) is 0 Å². The van der Waals surface area contributed by atoms with Crippen LogP contribution >= 0.6 is 34.5 Å². The Morgan fingerprint density at radius 1 is 1.15 bits per heavy atom. The molecule has 0 saturated carbocycles. The van der Waals surface area contributed by atoms with E-state index in [0.717, 1.165) is 4.70 Å². The molecule has 0 aliphatic carbocycles. The lowest BCUT2D eigenvalue weighted by molar-refractivity contribution is 0.102. The molecule has 1 heterocycles. The molecule has 100 valence electrons. The van der Waals surface area contributed by atoms with Crippen LogP contribution < -0.4 is 5.32 Å². The molecule has 0 fully saturated rings. The third-order valence-corrected chi connectivity index (χ3v) is 4.27. The van der Waals surface area contributed by atoms with Gasteiger partial charge in [0.1, 0.15) is 0 Å². The molecule has 0 spiro atoms. The minimum absolute atomic E-state index is 0.282. The number of rotatable bonds is 2. The molecule has 3 nitrogen and oxygen atoms in total. The van der Waals surface area contributed by atoms with Gasteiger partial charge in [0.15, 0.2) is 5.01 Å². The van der Waals surface area contributed by atoms with Gasteiger partial charge < -0.3 is 5.32 Å². The Kier molecular flexibility index (Phi) is 3.61. The van der Waals surface area contributed by atoms with Crippen molar-refractivity contribution in [3.05, 3.63) is 57.5 Å². The Bertz CT molecular complexity index is 801. The van der Waals surface area contributed by atoms with E-state index in [1.54, 1.807) is 36.4 Å². The quantitative estimate of drug-likeness (QED) is 0.732. The molecule has 0 atom stereocenters. The summed E-state index contributed by atoms with van der Waals surface area (Å²) in [5.74, 6) is -0.282. The highest BCUT2D eigenvalue weighted by Crippen LogP contribution is 2.26. The van der Waals surface area contributed by atoms with Gasteiger partial charge in [-0.15, -0.1) is 11.3 Å². The Balaban J connectivity index is 1.91. The first kappa shape index (κ1) is 13.4. The molecule has 1 N–H and O–H groups in total. The molecule has 1 aromatic heterocycles. The number of nitrogens with zero attached hydrogens (tertiary/aromatic N) is 1. The zero-order valence-corrected chi connectivity index (χ0v) is 12.4. The summed E-state index contributed by atoms with van der Waals surface area (Å²) in [6.07, 6.45) is 0. The maximum atomic E-state index is 12.2. The predicted molar refractivity (Wildman–Crippen MR) is 84.0 cm³/mol. The molecule has 0 bridgehead atoms. The Labute approximate surface area is 129 Å². The second-order valence-corrected chi connectivity index (χ2v) is 5.94. The van der Waals surface area contributed by atoms with E-state index in [1.807, 2.05) is 6.07 Å². The molecule has 3 aromatic rings. The van der Waals surface area contributed by atoms with Crippen molar-refractivity contribution in [1.29, 1.82) is 0 Å². The van der Waals surface area contributed by atoms with Crippen LogP contribution in [0.25, 0.3) is 10.2 Å². The van der Waals surface area contributed by atoms with Gasteiger partial charge in [-0.3, -0.25) is 4.79 Å². The van der Waals surface area contributed by atoms with Gasteiger partial charge in [0.2, 0.25) is 0 Å². The van der Waals surface area contributed by atoms with Crippen LogP contribution in [0.15, 0.2) is 42.5 Å². The molecule has 1 amide bonds. The number of hydrogen-bond acceptors (Lipinski definition) is 3. The molecule has 0 aliphatic heterocycles. The first-order valence-corrected chi connectivity index (χ1v) is 7.33. The zero-order valence-electron chi connectivity index (χ0n) is 10.1. The number of fused-ring (bicyclic) bond motifs is 1. The van der Waals surface area contributed by atoms with Crippen molar-refractivity contribution in [1.82, 2.24) is 4.98 Å². The summed E-state index contributed by atoms with van der Waals surface area (Å²) in [5.41, 5.74) is 1.28. The third kappa shape index (κ3) is 2.63. The van der Waals surface area contributed by atoms with Crippen molar-refractivity contribution in [2.24, 2.45) is 0 Å². The molecule has 6 heteroatoms. The second kappa shape index (κ2) is 5.40. The number of anilines is 1. The van der Waals surface area contributed by atoms with E-state index in [9.17, 15) is 4.79 Å². The lowest BCUT2D eigenvalue weighted by atomic mass is 10.3. The minimum Gasteiger partial charge on any atom is -0.319 e. The van der Waals surface area contributed by atoms with E-state index in [0.29, 0.717) is 26.3 Å². The number of aromatic nitrogens is 1. The second-order valence-electron chi connectivity index (χ2n) is 4.07. The zero-order chi connectivity index (χ0) is 14.1. The molecule has 2 aromatic carbocycles. The maximum absolute atomic E-state index is 12.2. The summed E-state index contributed by atoms with van der Waals surface area (Å²) >= 11 is 13.2. The average molecular weight is 323 g/mol. The third-order valence-electron chi connectivity index (χ3n) is 2.67. The number of halogens is 2. The number of amides is 1. The highest BCUT2D eigenvalue weighted by atomic mass is 35.5. The Hall–Kier alpha value is -1.62. The number of hydrogen-bond donors (Lipinski definition) is 1. The van der Waals surface area contributed by atoms with Crippen molar-refractivity contribution >= 4 is 56.3 Å². The number of nitrogens with one attached hydrogen (secondary N) is 1. The monoisotopic (exact) mass is 322 g/mol. The van der Waals surface area contributed by atoms with Crippen LogP contribution in [0.2, 0.25) is 10.0 Å². The fraction of sp³-hybridized carbons (Fsp3) is 0. The summed E-state index contributed by atoms with van der Waals surface area (Å²) < 4.78 is 0.915. The van der Waals surface area contributed by atoms with Gasteiger partial charge in [0.05, 0.1) is 20.9 Å². The normalized spacial score (nSPS) is 10.7. The van der Waals surface area contributed by atoms with E-state index < -0.39 is 0 Å². The molecule has 20 heavy (non-hydrogen) atoms. The average Bonchev–Trinajstić information content (AvgIpc) is 2.84. The minimum atomic E-state index is -0.282. The number of benzene rings is 2. The first-order valence-electron chi connectivity index (χ1n) is 5.75. The number of para-hydroxylation sites is 1. The van der Waals surface area contributed by atoms with Gasteiger partial charge in [-0.25, -0.2) is 4.98 Å². The number of thiazole rings is 1. The Morgan fingerprint density at radius 3 is 2.75 bits per heavy atom. The standard InChI is InChI=1S/C14H8Cl2N2OS/c15-8-5-6-12-11(7-8)18-14(20-12)13(19)17-10-4-2-1-3-9(10)16/h1-7H,(H,17,19). The van der Waals surface area contributed by atoms with Crippen molar-refractivity contribution in [3.8, 4) is 0 Å². The number of carbonyl (C=O) groups is 1. The smallest absolute Gasteiger partial charge is 0.284 e. The molecular weight excluding hydrogens is 315 g/mol.